The molecule has 0 unspecified atom stereocenters. The van der Waals surface area contributed by atoms with Crippen molar-refractivity contribution >= 4 is 15.9 Å². The van der Waals surface area contributed by atoms with E-state index < -0.39 is 10.0 Å². The average molecular weight is 328 g/mol. The molecule has 22 heavy (non-hydrogen) atoms. The second-order valence-electron chi connectivity index (χ2n) is 5.96. The molecule has 1 aromatic heterocycles. The SMILES string of the molecule is NS(=O)(=O)c1ccc(C(=O)N2CCOCC23CCCCC3)o1. The number of primary sulfonamides is 1. The van der Waals surface area contributed by atoms with Gasteiger partial charge in [0.25, 0.3) is 15.9 Å². The number of carbonyl (C=O) groups is 1. The summed E-state index contributed by atoms with van der Waals surface area (Å²) in [7, 11) is -3.94. The summed E-state index contributed by atoms with van der Waals surface area (Å²) in [6.45, 7) is 1.50. The molecule has 0 bridgehead atoms. The summed E-state index contributed by atoms with van der Waals surface area (Å²) in [6.07, 6.45) is 5.10. The van der Waals surface area contributed by atoms with Crippen LogP contribution in [0.4, 0.5) is 0 Å². The van der Waals surface area contributed by atoms with Gasteiger partial charge in [-0.3, -0.25) is 4.79 Å². The number of amides is 1. The number of nitrogens with two attached hydrogens (primary N) is 1. The molecule has 1 aromatic rings. The molecule has 2 N–H and O–H groups in total. The third kappa shape index (κ3) is 2.78. The molecule has 1 saturated carbocycles. The highest BCUT2D eigenvalue weighted by Gasteiger charge is 2.44. The number of furan rings is 1. The van der Waals surface area contributed by atoms with E-state index in [1.165, 1.54) is 18.6 Å². The summed E-state index contributed by atoms with van der Waals surface area (Å²) in [4.78, 5) is 14.5. The van der Waals surface area contributed by atoms with Crippen LogP contribution in [0.5, 0.6) is 0 Å². The third-order valence-corrected chi connectivity index (χ3v) is 5.28. The van der Waals surface area contributed by atoms with Crippen molar-refractivity contribution in [3.8, 4) is 0 Å². The maximum atomic E-state index is 12.8. The van der Waals surface area contributed by atoms with Gasteiger partial charge in [0.15, 0.2) is 5.76 Å². The lowest BCUT2D eigenvalue weighted by Crippen LogP contribution is -2.59. The summed E-state index contributed by atoms with van der Waals surface area (Å²) in [5, 5.41) is 4.63. The maximum absolute atomic E-state index is 12.8. The van der Waals surface area contributed by atoms with Crippen LogP contribution < -0.4 is 5.14 Å². The highest BCUT2D eigenvalue weighted by molar-refractivity contribution is 7.89. The van der Waals surface area contributed by atoms with E-state index in [2.05, 4.69) is 0 Å². The molecule has 0 radical (unpaired) electrons. The minimum absolute atomic E-state index is 0.0101. The van der Waals surface area contributed by atoms with E-state index >= 15 is 0 Å². The Kier molecular flexibility index (Phi) is 4.00. The van der Waals surface area contributed by atoms with Crippen LogP contribution >= 0.6 is 0 Å². The first kappa shape index (κ1) is 15.5. The van der Waals surface area contributed by atoms with Crippen molar-refractivity contribution in [1.82, 2.24) is 4.90 Å². The zero-order valence-electron chi connectivity index (χ0n) is 12.3. The molecule has 122 valence electrons. The van der Waals surface area contributed by atoms with Gasteiger partial charge in [0, 0.05) is 6.54 Å². The fourth-order valence-corrected chi connectivity index (χ4v) is 3.86. The van der Waals surface area contributed by atoms with E-state index in [4.69, 9.17) is 14.3 Å². The molecular formula is C14H20N2O5S. The fourth-order valence-electron chi connectivity index (χ4n) is 3.40. The summed E-state index contributed by atoms with van der Waals surface area (Å²) >= 11 is 0. The first-order valence-corrected chi connectivity index (χ1v) is 8.99. The van der Waals surface area contributed by atoms with Crippen LogP contribution in [0.1, 0.15) is 42.7 Å². The third-order valence-electron chi connectivity index (χ3n) is 4.50. The van der Waals surface area contributed by atoms with E-state index in [1.807, 2.05) is 0 Å². The van der Waals surface area contributed by atoms with Gasteiger partial charge in [-0.2, -0.15) is 0 Å². The molecule has 1 saturated heterocycles. The molecule has 1 aliphatic heterocycles. The Hall–Kier alpha value is -1.38. The summed E-state index contributed by atoms with van der Waals surface area (Å²) in [5.41, 5.74) is -0.290. The number of ether oxygens (including phenoxy) is 1. The molecule has 2 fully saturated rings. The molecule has 1 aliphatic carbocycles. The van der Waals surface area contributed by atoms with Gasteiger partial charge >= 0.3 is 0 Å². The Labute approximate surface area is 129 Å². The highest BCUT2D eigenvalue weighted by atomic mass is 32.2. The van der Waals surface area contributed by atoms with Crippen LogP contribution in [0, 0.1) is 0 Å². The van der Waals surface area contributed by atoms with Gasteiger partial charge in [0.05, 0.1) is 18.8 Å². The number of hydrogen-bond donors (Lipinski definition) is 1. The first-order valence-electron chi connectivity index (χ1n) is 7.45. The maximum Gasteiger partial charge on any atom is 0.290 e. The van der Waals surface area contributed by atoms with Crippen LogP contribution in [0.15, 0.2) is 21.6 Å². The zero-order chi connectivity index (χ0) is 15.8. The van der Waals surface area contributed by atoms with E-state index in [1.54, 1.807) is 4.90 Å². The molecule has 2 heterocycles. The normalized spacial score (nSPS) is 22.0. The molecule has 0 atom stereocenters. The number of morpholine rings is 1. The van der Waals surface area contributed by atoms with E-state index in [0.717, 1.165) is 25.7 Å². The smallest absolute Gasteiger partial charge is 0.290 e. The molecule has 3 rings (SSSR count). The highest BCUT2D eigenvalue weighted by Crippen LogP contribution is 2.36. The minimum atomic E-state index is -3.94. The van der Waals surface area contributed by atoms with E-state index in [0.29, 0.717) is 19.8 Å². The number of carbonyl (C=O) groups excluding carboxylic acids is 1. The lowest BCUT2D eigenvalue weighted by atomic mass is 9.80. The van der Waals surface area contributed by atoms with E-state index in [9.17, 15) is 13.2 Å². The lowest BCUT2D eigenvalue weighted by Gasteiger charge is -2.48. The molecule has 8 heteroatoms. The van der Waals surface area contributed by atoms with Gasteiger partial charge in [-0.25, -0.2) is 13.6 Å². The summed E-state index contributed by atoms with van der Waals surface area (Å²) < 4.78 is 33.3. The van der Waals surface area contributed by atoms with Gasteiger partial charge < -0.3 is 14.1 Å². The van der Waals surface area contributed by atoms with Gasteiger partial charge in [0.1, 0.15) is 0 Å². The van der Waals surface area contributed by atoms with E-state index in [-0.39, 0.29) is 22.3 Å². The standard InChI is InChI=1S/C14H20N2O5S/c15-22(18,19)12-5-4-11(21-12)13(17)16-8-9-20-10-14(16)6-2-1-3-7-14/h4-5H,1-3,6-10H2,(H2,15,18,19). The Morgan fingerprint density at radius 2 is 1.95 bits per heavy atom. The number of hydrogen-bond acceptors (Lipinski definition) is 5. The predicted molar refractivity (Wildman–Crippen MR) is 77.8 cm³/mol. The van der Waals surface area contributed by atoms with Gasteiger partial charge in [-0.1, -0.05) is 19.3 Å². The monoisotopic (exact) mass is 328 g/mol. The van der Waals surface area contributed by atoms with Crippen molar-refractivity contribution in [3.63, 3.8) is 0 Å². The number of rotatable bonds is 2. The van der Waals surface area contributed by atoms with Crippen molar-refractivity contribution in [2.45, 2.75) is 42.7 Å². The van der Waals surface area contributed by atoms with Gasteiger partial charge in [-0.15, -0.1) is 0 Å². The molecular weight excluding hydrogens is 308 g/mol. The average Bonchev–Trinajstić information content (AvgIpc) is 2.98. The largest absolute Gasteiger partial charge is 0.438 e. The Morgan fingerprint density at radius 3 is 2.59 bits per heavy atom. The minimum Gasteiger partial charge on any atom is -0.438 e. The molecule has 0 aromatic carbocycles. The van der Waals surface area contributed by atoms with Gasteiger partial charge in [0.2, 0.25) is 5.09 Å². The Balaban J connectivity index is 1.87. The number of nitrogens with zero attached hydrogens (tertiary/aromatic N) is 1. The van der Waals surface area contributed by atoms with Crippen molar-refractivity contribution in [2.75, 3.05) is 19.8 Å². The van der Waals surface area contributed by atoms with Crippen molar-refractivity contribution in [1.29, 1.82) is 0 Å². The first-order chi connectivity index (χ1) is 10.4. The van der Waals surface area contributed by atoms with Crippen LogP contribution in [0.3, 0.4) is 0 Å². The van der Waals surface area contributed by atoms with Crippen LogP contribution in [0.25, 0.3) is 0 Å². The molecule has 7 nitrogen and oxygen atoms in total. The van der Waals surface area contributed by atoms with Crippen molar-refractivity contribution in [3.05, 3.63) is 17.9 Å². The summed E-state index contributed by atoms with van der Waals surface area (Å²) in [5.74, 6) is -0.282. The molecule has 2 aliphatic rings. The fraction of sp³-hybridized carbons (Fsp3) is 0.643. The second kappa shape index (κ2) is 5.68. The Morgan fingerprint density at radius 1 is 1.23 bits per heavy atom. The van der Waals surface area contributed by atoms with Crippen molar-refractivity contribution < 1.29 is 22.4 Å². The second-order valence-corrected chi connectivity index (χ2v) is 7.45. The number of sulfonamides is 1. The Bertz CT molecular complexity index is 652. The summed E-state index contributed by atoms with van der Waals surface area (Å²) in [6, 6.07) is 2.59. The lowest BCUT2D eigenvalue weighted by molar-refractivity contribution is -0.0693. The zero-order valence-corrected chi connectivity index (χ0v) is 13.1. The van der Waals surface area contributed by atoms with Crippen LogP contribution in [-0.4, -0.2) is 44.5 Å². The van der Waals surface area contributed by atoms with Crippen LogP contribution in [0.2, 0.25) is 0 Å². The predicted octanol–water partition coefficient (Wildman–Crippen LogP) is 1.10. The van der Waals surface area contributed by atoms with Gasteiger partial charge in [-0.05, 0) is 25.0 Å². The topological polar surface area (TPSA) is 103 Å². The molecule has 1 amide bonds. The molecule has 1 spiro atoms. The van der Waals surface area contributed by atoms with Crippen molar-refractivity contribution in [2.24, 2.45) is 5.14 Å². The quantitative estimate of drug-likeness (QED) is 0.876. The van der Waals surface area contributed by atoms with Crippen LogP contribution in [-0.2, 0) is 14.8 Å².